The van der Waals surface area contributed by atoms with Crippen LogP contribution in [0.3, 0.4) is 0 Å². The fourth-order valence-electron chi connectivity index (χ4n) is 2.17. The molecule has 2 N–H and O–H groups in total. The van der Waals surface area contributed by atoms with Crippen molar-refractivity contribution in [2.75, 3.05) is 6.54 Å². The molecule has 1 aliphatic rings. The van der Waals surface area contributed by atoms with Gasteiger partial charge in [-0.1, -0.05) is 12.8 Å². The van der Waals surface area contributed by atoms with Gasteiger partial charge in [-0.25, -0.2) is 0 Å². The number of nitrogens with one attached hydrogen (secondary N) is 1. The molecule has 0 aliphatic carbocycles. The summed E-state index contributed by atoms with van der Waals surface area (Å²) in [6.07, 6.45) is 7.04. The third-order valence-corrected chi connectivity index (χ3v) is 3.47. The molecule has 0 aromatic rings. The summed E-state index contributed by atoms with van der Waals surface area (Å²) in [4.78, 5) is 0. The summed E-state index contributed by atoms with van der Waals surface area (Å²) in [5.41, 5.74) is -1.49. The Hall–Kier alpha value is -0.740. The van der Waals surface area contributed by atoms with Gasteiger partial charge in [0.05, 0.1) is 6.07 Å². The minimum absolute atomic E-state index is 0. The highest BCUT2D eigenvalue weighted by molar-refractivity contribution is 5.85. The van der Waals surface area contributed by atoms with E-state index < -0.39 is 11.0 Å². The van der Waals surface area contributed by atoms with Crippen molar-refractivity contribution in [1.29, 1.82) is 5.26 Å². The summed E-state index contributed by atoms with van der Waals surface area (Å²) < 4.78 is 0. The van der Waals surface area contributed by atoms with Crippen molar-refractivity contribution in [2.24, 2.45) is 5.41 Å². The van der Waals surface area contributed by atoms with Gasteiger partial charge in [0.15, 0.2) is 0 Å². The molecule has 16 heavy (non-hydrogen) atoms. The highest BCUT2D eigenvalue weighted by Gasteiger charge is 2.48. The first-order chi connectivity index (χ1) is 6.97. The summed E-state index contributed by atoms with van der Waals surface area (Å²) in [5.74, 6) is 2.52. The normalized spacial score (nSPS) is 37.9. The Morgan fingerprint density at radius 2 is 2.25 bits per heavy atom. The number of hydrogen-bond donors (Lipinski definition) is 2. The minimum atomic E-state index is -1.09. The van der Waals surface area contributed by atoms with Gasteiger partial charge in [0.1, 0.15) is 5.60 Å². The van der Waals surface area contributed by atoms with Crippen LogP contribution in [0.4, 0.5) is 0 Å². The first-order valence-corrected chi connectivity index (χ1v) is 5.28. The number of halogens is 1. The van der Waals surface area contributed by atoms with Crippen molar-refractivity contribution >= 4 is 12.4 Å². The molecule has 1 rings (SSSR count). The van der Waals surface area contributed by atoms with Crippen LogP contribution < -0.4 is 5.32 Å². The van der Waals surface area contributed by atoms with E-state index in [1.54, 1.807) is 0 Å². The highest BCUT2D eigenvalue weighted by atomic mass is 35.5. The van der Waals surface area contributed by atoms with Gasteiger partial charge in [0, 0.05) is 30.8 Å². The van der Waals surface area contributed by atoms with Gasteiger partial charge in [0.2, 0.25) is 0 Å². The second-order valence-corrected chi connectivity index (χ2v) is 4.71. The lowest BCUT2D eigenvalue weighted by atomic mass is 9.65. The molecule has 0 bridgehead atoms. The van der Waals surface area contributed by atoms with Crippen LogP contribution in [-0.2, 0) is 0 Å². The molecule has 90 valence electrons. The maximum atomic E-state index is 10.4. The van der Waals surface area contributed by atoms with Crippen molar-refractivity contribution < 1.29 is 5.11 Å². The lowest BCUT2D eigenvalue weighted by molar-refractivity contribution is -0.0640. The first kappa shape index (κ1) is 15.3. The predicted molar refractivity (Wildman–Crippen MR) is 66.1 cm³/mol. The molecule has 1 fully saturated rings. The van der Waals surface area contributed by atoms with Crippen LogP contribution in [0.25, 0.3) is 0 Å². The molecule has 0 aromatic heterocycles. The third kappa shape index (κ3) is 2.68. The van der Waals surface area contributed by atoms with Crippen LogP contribution in [0, 0.1) is 29.1 Å². The largest absolute Gasteiger partial charge is 0.377 e. The van der Waals surface area contributed by atoms with E-state index in [9.17, 15) is 5.11 Å². The van der Waals surface area contributed by atoms with Crippen LogP contribution in [0.5, 0.6) is 0 Å². The average Bonchev–Trinajstić information content (AvgIpc) is 2.22. The molecule has 3 nitrogen and oxygen atoms in total. The first-order valence-electron chi connectivity index (χ1n) is 5.28. The van der Waals surface area contributed by atoms with E-state index in [0.717, 1.165) is 0 Å². The topological polar surface area (TPSA) is 56.0 Å². The number of terminal acetylenes is 1. The molecule has 3 atom stereocenters. The maximum absolute atomic E-state index is 10.4. The van der Waals surface area contributed by atoms with Gasteiger partial charge < -0.3 is 10.4 Å². The van der Waals surface area contributed by atoms with Crippen LogP contribution in [0.15, 0.2) is 0 Å². The number of piperidine rings is 1. The fraction of sp³-hybridized carbons (Fsp3) is 0.750. The summed E-state index contributed by atoms with van der Waals surface area (Å²) in [6, 6.07) is 2.33. The standard InChI is InChI=1S/C12H18N2O.ClH/c1-4-12(15)8-10(2)14-9-11(12,3)6-5-7-13;/h1,10,14-15H,5-6,8-9H2,2-3H3;1H. The molecule has 0 radical (unpaired) electrons. The molecule has 0 spiro atoms. The molecule has 1 aliphatic heterocycles. The molecule has 0 saturated carbocycles. The molecule has 0 amide bonds. The van der Waals surface area contributed by atoms with Crippen molar-refractivity contribution in [3.8, 4) is 18.4 Å². The van der Waals surface area contributed by atoms with Crippen molar-refractivity contribution in [3.63, 3.8) is 0 Å². The Morgan fingerprint density at radius 1 is 1.62 bits per heavy atom. The SMILES string of the molecule is C#CC1(O)CC(C)NCC1(C)CCC#N.Cl. The van der Waals surface area contributed by atoms with Crippen LogP contribution in [-0.4, -0.2) is 23.3 Å². The van der Waals surface area contributed by atoms with Gasteiger partial charge >= 0.3 is 0 Å². The maximum Gasteiger partial charge on any atom is 0.133 e. The van der Waals surface area contributed by atoms with Gasteiger partial charge in [-0.2, -0.15) is 5.26 Å². The Bertz CT molecular complexity index is 320. The lowest BCUT2D eigenvalue weighted by Crippen LogP contribution is -2.59. The minimum Gasteiger partial charge on any atom is -0.377 e. The lowest BCUT2D eigenvalue weighted by Gasteiger charge is -2.47. The molecule has 0 aromatic carbocycles. The Kier molecular flexibility index (Phi) is 5.29. The number of nitrogens with zero attached hydrogens (tertiary/aromatic N) is 1. The second kappa shape index (κ2) is 5.55. The van der Waals surface area contributed by atoms with Gasteiger partial charge in [-0.3, -0.25) is 0 Å². The van der Waals surface area contributed by atoms with Crippen molar-refractivity contribution in [2.45, 2.75) is 44.8 Å². The van der Waals surface area contributed by atoms with E-state index in [1.807, 2.05) is 13.8 Å². The second-order valence-electron chi connectivity index (χ2n) is 4.71. The zero-order chi connectivity index (χ0) is 11.5. The zero-order valence-electron chi connectivity index (χ0n) is 9.79. The zero-order valence-corrected chi connectivity index (χ0v) is 10.6. The number of aliphatic hydroxyl groups is 1. The van der Waals surface area contributed by atoms with Crippen molar-refractivity contribution in [1.82, 2.24) is 5.32 Å². The molecule has 1 heterocycles. The quantitative estimate of drug-likeness (QED) is 0.721. The molecule has 3 unspecified atom stereocenters. The monoisotopic (exact) mass is 242 g/mol. The van der Waals surface area contributed by atoms with E-state index in [-0.39, 0.29) is 18.4 Å². The van der Waals surface area contributed by atoms with E-state index in [4.69, 9.17) is 11.7 Å². The molecule has 4 heteroatoms. The number of rotatable bonds is 2. The Balaban J connectivity index is 0.00000225. The summed E-state index contributed by atoms with van der Waals surface area (Å²) in [6.45, 7) is 4.62. The number of hydrogen-bond acceptors (Lipinski definition) is 3. The fourth-order valence-corrected chi connectivity index (χ4v) is 2.17. The Labute approximate surface area is 104 Å². The summed E-state index contributed by atoms with van der Waals surface area (Å²) in [7, 11) is 0. The highest BCUT2D eigenvalue weighted by Crippen LogP contribution is 2.41. The van der Waals surface area contributed by atoms with Crippen LogP contribution in [0.2, 0.25) is 0 Å². The van der Waals surface area contributed by atoms with Crippen LogP contribution in [0.1, 0.15) is 33.1 Å². The average molecular weight is 243 g/mol. The van der Waals surface area contributed by atoms with Crippen LogP contribution >= 0.6 is 12.4 Å². The molecule has 1 saturated heterocycles. The van der Waals surface area contributed by atoms with E-state index in [0.29, 0.717) is 25.8 Å². The smallest absolute Gasteiger partial charge is 0.133 e. The van der Waals surface area contributed by atoms with Crippen molar-refractivity contribution in [3.05, 3.63) is 0 Å². The van der Waals surface area contributed by atoms with E-state index in [2.05, 4.69) is 17.3 Å². The molecular weight excluding hydrogens is 224 g/mol. The van der Waals surface area contributed by atoms with Gasteiger partial charge in [-0.05, 0) is 13.3 Å². The van der Waals surface area contributed by atoms with Gasteiger partial charge in [0.25, 0.3) is 0 Å². The predicted octanol–water partition coefficient (Wildman–Crippen LogP) is 1.46. The Morgan fingerprint density at radius 3 is 2.75 bits per heavy atom. The van der Waals surface area contributed by atoms with Gasteiger partial charge in [-0.15, -0.1) is 18.8 Å². The molecular formula is C12H19ClN2O. The number of nitriles is 1. The van der Waals surface area contributed by atoms with E-state index in [1.165, 1.54) is 0 Å². The third-order valence-electron chi connectivity index (χ3n) is 3.47. The summed E-state index contributed by atoms with van der Waals surface area (Å²) in [5, 5.41) is 22.3. The van der Waals surface area contributed by atoms with E-state index >= 15 is 0 Å². The summed E-state index contributed by atoms with van der Waals surface area (Å²) >= 11 is 0.